The summed E-state index contributed by atoms with van der Waals surface area (Å²) in [5.74, 6) is -0.624. The topological polar surface area (TPSA) is 81.4 Å². The number of ether oxygens (including phenoxy) is 1. The molecule has 0 aliphatic rings. The second kappa shape index (κ2) is 6.76. The van der Waals surface area contributed by atoms with Crippen molar-refractivity contribution in [3.8, 4) is 0 Å². The second-order valence-corrected chi connectivity index (χ2v) is 4.83. The Labute approximate surface area is 129 Å². The third kappa shape index (κ3) is 3.63. The number of benzene rings is 2. The molecule has 0 unspecified atom stereocenters. The molecule has 0 radical (unpaired) electrons. The zero-order chi connectivity index (χ0) is 16.1. The van der Waals surface area contributed by atoms with Gasteiger partial charge in [-0.25, -0.2) is 4.79 Å². The normalized spacial score (nSPS) is 10.1. The van der Waals surface area contributed by atoms with Gasteiger partial charge in [-0.3, -0.25) is 4.79 Å². The van der Waals surface area contributed by atoms with Crippen molar-refractivity contribution in [3.63, 3.8) is 0 Å². The van der Waals surface area contributed by atoms with E-state index in [1.54, 1.807) is 49.4 Å². The van der Waals surface area contributed by atoms with Gasteiger partial charge in [0.1, 0.15) is 0 Å². The summed E-state index contributed by atoms with van der Waals surface area (Å²) in [7, 11) is 0. The summed E-state index contributed by atoms with van der Waals surface area (Å²) in [5.41, 5.74) is 8.65. The molecular formula is C17H18N2O3. The molecule has 22 heavy (non-hydrogen) atoms. The van der Waals surface area contributed by atoms with Crippen molar-refractivity contribution >= 4 is 23.3 Å². The summed E-state index contributed by atoms with van der Waals surface area (Å²) in [6, 6.07) is 11.7. The fourth-order valence-corrected chi connectivity index (χ4v) is 1.99. The van der Waals surface area contributed by atoms with E-state index >= 15 is 0 Å². The van der Waals surface area contributed by atoms with Crippen LogP contribution in [-0.4, -0.2) is 18.5 Å². The lowest BCUT2D eigenvalue weighted by molar-refractivity contribution is 0.0526. The summed E-state index contributed by atoms with van der Waals surface area (Å²) >= 11 is 0. The van der Waals surface area contributed by atoms with Gasteiger partial charge in [0.2, 0.25) is 0 Å². The fourth-order valence-electron chi connectivity index (χ4n) is 1.99. The van der Waals surface area contributed by atoms with Crippen LogP contribution in [0.25, 0.3) is 0 Å². The van der Waals surface area contributed by atoms with Crippen LogP contribution in [0.1, 0.15) is 33.2 Å². The van der Waals surface area contributed by atoms with E-state index in [0.29, 0.717) is 29.1 Å². The van der Waals surface area contributed by atoms with Crippen molar-refractivity contribution in [3.05, 3.63) is 59.2 Å². The molecule has 0 saturated carbocycles. The van der Waals surface area contributed by atoms with Crippen LogP contribution >= 0.6 is 0 Å². The van der Waals surface area contributed by atoms with Gasteiger partial charge in [-0.15, -0.1) is 0 Å². The molecule has 2 aromatic rings. The van der Waals surface area contributed by atoms with Crippen LogP contribution in [0, 0.1) is 6.92 Å². The number of nitrogen functional groups attached to an aromatic ring is 1. The number of hydrogen-bond donors (Lipinski definition) is 2. The van der Waals surface area contributed by atoms with Crippen molar-refractivity contribution in [1.82, 2.24) is 0 Å². The standard InChI is InChI=1S/C17H18N2O3/c1-3-22-17(21)12-5-8-14(9-6-12)19-16(20)15-10-13(18)7-4-11(15)2/h4-10H,3,18H2,1-2H3,(H,19,20). The minimum Gasteiger partial charge on any atom is -0.462 e. The Morgan fingerprint density at radius 2 is 1.82 bits per heavy atom. The lowest BCUT2D eigenvalue weighted by atomic mass is 10.1. The summed E-state index contributed by atoms with van der Waals surface area (Å²) in [6.45, 7) is 3.92. The first-order chi connectivity index (χ1) is 10.5. The monoisotopic (exact) mass is 298 g/mol. The van der Waals surface area contributed by atoms with Crippen LogP contribution in [0.2, 0.25) is 0 Å². The molecule has 5 nitrogen and oxygen atoms in total. The van der Waals surface area contributed by atoms with Gasteiger partial charge < -0.3 is 15.8 Å². The van der Waals surface area contributed by atoms with E-state index < -0.39 is 0 Å². The smallest absolute Gasteiger partial charge is 0.338 e. The Balaban J connectivity index is 2.12. The highest BCUT2D eigenvalue weighted by Gasteiger charge is 2.11. The number of nitrogens with two attached hydrogens (primary N) is 1. The number of anilines is 2. The zero-order valence-corrected chi connectivity index (χ0v) is 12.6. The number of esters is 1. The fraction of sp³-hybridized carbons (Fsp3) is 0.176. The molecule has 0 aromatic heterocycles. The molecule has 0 spiro atoms. The molecule has 114 valence electrons. The zero-order valence-electron chi connectivity index (χ0n) is 12.6. The Morgan fingerprint density at radius 3 is 2.45 bits per heavy atom. The summed E-state index contributed by atoms with van der Waals surface area (Å²) in [5, 5.41) is 2.78. The second-order valence-electron chi connectivity index (χ2n) is 4.83. The number of carbonyl (C=O) groups is 2. The Kier molecular flexibility index (Phi) is 4.78. The van der Waals surface area contributed by atoms with Crippen LogP contribution in [0.5, 0.6) is 0 Å². The lowest BCUT2D eigenvalue weighted by Gasteiger charge is -2.09. The van der Waals surface area contributed by atoms with Crippen molar-refractivity contribution in [2.45, 2.75) is 13.8 Å². The van der Waals surface area contributed by atoms with E-state index in [-0.39, 0.29) is 11.9 Å². The van der Waals surface area contributed by atoms with Crippen molar-refractivity contribution in [1.29, 1.82) is 0 Å². The van der Waals surface area contributed by atoms with Crippen LogP contribution in [0.15, 0.2) is 42.5 Å². The highest BCUT2D eigenvalue weighted by atomic mass is 16.5. The maximum absolute atomic E-state index is 12.3. The van der Waals surface area contributed by atoms with Crippen molar-refractivity contribution in [2.24, 2.45) is 0 Å². The molecule has 3 N–H and O–H groups in total. The molecular weight excluding hydrogens is 280 g/mol. The Morgan fingerprint density at radius 1 is 1.14 bits per heavy atom. The molecule has 0 fully saturated rings. The largest absolute Gasteiger partial charge is 0.462 e. The molecule has 0 atom stereocenters. The van der Waals surface area contributed by atoms with Crippen molar-refractivity contribution < 1.29 is 14.3 Å². The maximum Gasteiger partial charge on any atom is 0.338 e. The van der Waals surface area contributed by atoms with Gasteiger partial charge in [-0.2, -0.15) is 0 Å². The molecule has 2 rings (SSSR count). The number of carbonyl (C=O) groups excluding carboxylic acids is 2. The van der Waals surface area contributed by atoms with Gasteiger partial charge in [-0.05, 0) is 55.8 Å². The van der Waals surface area contributed by atoms with E-state index in [4.69, 9.17) is 10.5 Å². The van der Waals surface area contributed by atoms with E-state index in [2.05, 4.69) is 5.32 Å². The predicted octanol–water partition coefficient (Wildman–Crippen LogP) is 3.01. The summed E-state index contributed by atoms with van der Waals surface area (Å²) in [4.78, 5) is 23.8. The molecule has 2 aromatic carbocycles. The van der Waals surface area contributed by atoms with Crippen LogP contribution in [0.3, 0.4) is 0 Å². The van der Waals surface area contributed by atoms with E-state index in [9.17, 15) is 9.59 Å². The first kappa shape index (κ1) is 15.6. The van der Waals surface area contributed by atoms with E-state index in [1.165, 1.54) is 0 Å². The van der Waals surface area contributed by atoms with Gasteiger partial charge >= 0.3 is 5.97 Å². The first-order valence-electron chi connectivity index (χ1n) is 6.96. The van der Waals surface area contributed by atoms with Crippen LogP contribution in [-0.2, 0) is 4.74 Å². The highest BCUT2D eigenvalue weighted by Crippen LogP contribution is 2.16. The van der Waals surface area contributed by atoms with Gasteiger partial charge in [-0.1, -0.05) is 6.07 Å². The predicted molar refractivity (Wildman–Crippen MR) is 85.9 cm³/mol. The molecule has 1 amide bonds. The number of rotatable bonds is 4. The lowest BCUT2D eigenvalue weighted by Crippen LogP contribution is -2.14. The molecule has 0 bridgehead atoms. The quantitative estimate of drug-likeness (QED) is 0.671. The SMILES string of the molecule is CCOC(=O)c1ccc(NC(=O)c2cc(N)ccc2C)cc1. The average Bonchev–Trinajstić information content (AvgIpc) is 2.50. The van der Waals surface area contributed by atoms with Crippen molar-refractivity contribution in [2.75, 3.05) is 17.7 Å². The first-order valence-corrected chi connectivity index (χ1v) is 6.96. The summed E-state index contributed by atoms with van der Waals surface area (Å²) < 4.78 is 4.91. The van der Waals surface area contributed by atoms with E-state index in [0.717, 1.165) is 5.56 Å². The summed E-state index contributed by atoms with van der Waals surface area (Å²) in [6.07, 6.45) is 0. The molecule has 5 heteroatoms. The highest BCUT2D eigenvalue weighted by molar-refractivity contribution is 6.06. The van der Waals surface area contributed by atoms with Crippen LogP contribution in [0.4, 0.5) is 11.4 Å². The number of nitrogens with one attached hydrogen (secondary N) is 1. The molecule has 0 aliphatic heterocycles. The molecule has 0 heterocycles. The third-order valence-corrected chi connectivity index (χ3v) is 3.16. The minimum absolute atomic E-state index is 0.242. The van der Waals surface area contributed by atoms with Gasteiger partial charge in [0.05, 0.1) is 12.2 Å². The van der Waals surface area contributed by atoms with E-state index in [1.807, 2.05) is 6.92 Å². The van der Waals surface area contributed by atoms with Crippen LogP contribution < -0.4 is 11.1 Å². The maximum atomic E-state index is 12.3. The number of amides is 1. The number of aryl methyl sites for hydroxylation is 1. The van der Waals surface area contributed by atoms with Gasteiger partial charge in [0, 0.05) is 16.9 Å². The average molecular weight is 298 g/mol. The number of hydrogen-bond acceptors (Lipinski definition) is 4. The minimum atomic E-state index is -0.382. The molecule has 0 saturated heterocycles. The Hall–Kier alpha value is -2.82. The van der Waals surface area contributed by atoms with Gasteiger partial charge in [0.25, 0.3) is 5.91 Å². The Bertz CT molecular complexity index is 694. The third-order valence-electron chi connectivity index (χ3n) is 3.16. The van der Waals surface area contributed by atoms with Gasteiger partial charge in [0.15, 0.2) is 0 Å². The molecule has 0 aliphatic carbocycles.